The van der Waals surface area contributed by atoms with Crippen molar-refractivity contribution < 1.29 is 0 Å². The van der Waals surface area contributed by atoms with Gasteiger partial charge in [0.25, 0.3) is 0 Å². The fraction of sp³-hybridized carbons (Fsp3) is 0.438. The third-order valence-corrected chi connectivity index (χ3v) is 4.36. The predicted octanol–water partition coefficient (Wildman–Crippen LogP) is 2.79. The van der Waals surface area contributed by atoms with Crippen LogP contribution in [0, 0.1) is 11.8 Å². The smallest absolute Gasteiger partial charge is 0.136 e. The fourth-order valence-electron chi connectivity index (χ4n) is 2.95. The van der Waals surface area contributed by atoms with E-state index in [1.54, 1.807) is 0 Å². The van der Waals surface area contributed by atoms with Crippen molar-refractivity contribution in [3.63, 3.8) is 0 Å². The van der Waals surface area contributed by atoms with Crippen molar-refractivity contribution in [2.24, 2.45) is 17.6 Å². The quantitative estimate of drug-likeness (QED) is 0.897. The zero-order chi connectivity index (χ0) is 13.4. The van der Waals surface area contributed by atoms with E-state index in [2.05, 4.69) is 48.0 Å². The van der Waals surface area contributed by atoms with Gasteiger partial charge in [-0.1, -0.05) is 38.1 Å². The molecule has 0 aliphatic carbocycles. The van der Waals surface area contributed by atoms with Crippen LogP contribution in [-0.2, 0) is 6.54 Å². The van der Waals surface area contributed by atoms with Gasteiger partial charge in [-0.15, -0.1) is 0 Å². The van der Waals surface area contributed by atoms with E-state index in [1.165, 1.54) is 10.8 Å². The topological polar surface area (TPSA) is 42.2 Å². The molecule has 2 unspecified atom stereocenters. The highest BCUT2D eigenvalue weighted by Gasteiger charge is 2.27. The highest BCUT2D eigenvalue weighted by Crippen LogP contribution is 2.32. The molecule has 3 rings (SSSR count). The molecule has 3 heteroatoms. The third-order valence-electron chi connectivity index (χ3n) is 4.36. The molecule has 1 aliphatic rings. The summed E-state index contributed by atoms with van der Waals surface area (Å²) in [7, 11) is 0. The second kappa shape index (κ2) is 4.82. The Morgan fingerprint density at radius 3 is 2.42 bits per heavy atom. The van der Waals surface area contributed by atoms with Crippen molar-refractivity contribution >= 4 is 16.6 Å². The molecule has 1 aromatic heterocycles. The van der Waals surface area contributed by atoms with Gasteiger partial charge in [0.05, 0.1) is 0 Å². The Kier molecular flexibility index (Phi) is 3.15. The summed E-state index contributed by atoms with van der Waals surface area (Å²) in [6.07, 6.45) is 1.94. The molecule has 2 aromatic rings. The lowest BCUT2D eigenvalue weighted by molar-refractivity contribution is 0.494. The van der Waals surface area contributed by atoms with Crippen LogP contribution in [0.3, 0.4) is 0 Å². The second-order valence-electron chi connectivity index (χ2n) is 5.72. The van der Waals surface area contributed by atoms with Crippen molar-refractivity contribution in [3.05, 3.63) is 36.0 Å². The van der Waals surface area contributed by atoms with E-state index in [9.17, 15) is 0 Å². The molecule has 0 spiro atoms. The first-order chi connectivity index (χ1) is 9.20. The number of hydrogen-bond acceptors (Lipinski definition) is 3. The van der Waals surface area contributed by atoms with E-state index >= 15 is 0 Å². The Morgan fingerprint density at radius 1 is 1.16 bits per heavy atom. The summed E-state index contributed by atoms with van der Waals surface area (Å²) in [4.78, 5) is 7.09. The van der Waals surface area contributed by atoms with Crippen LogP contribution in [-0.4, -0.2) is 18.1 Å². The van der Waals surface area contributed by atoms with Gasteiger partial charge in [-0.3, -0.25) is 0 Å². The minimum Gasteiger partial charge on any atom is -0.356 e. The maximum absolute atomic E-state index is 5.81. The van der Waals surface area contributed by atoms with Crippen molar-refractivity contribution in [1.29, 1.82) is 0 Å². The molecule has 0 radical (unpaired) electrons. The van der Waals surface area contributed by atoms with Gasteiger partial charge in [0.1, 0.15) is 5.82 Å². The van der Waals surface area contributed by atoms with Gasteiger partial charge in [-0.2, -0.15) is 0 Å². The summed E-state index contributed by atoms with van der Waals surface area (Å²) >= 11 is 0. The van der Waals surface area contributed by atoms with Crippen LogP contribution < -0.4 is 10.6 Å². The van der Waals surface area contributed by atoms with E-state index < -0.39 is 0 Å². The Balaban J connectivity index is 2.10. The number of rotatable bonds is 2. The largest absolute Gasteiger partial charge is 0.356 e. The summed E-state index contributed by atoms with van der Waals surface area (Å²) in [6, 6.07) is 8.45. The van der Waals surface area contributed by atoms with Gasteiger partial charge in [-0.25, -0.2) is 4.98 Å². The maximum Gasteiger partial charge on any atom is 0.136 e. The summed E-state index contributed by atoms with van der Waals surface area (Å²) < 4.78 is 0. The molecule has 1 fully saturated rings. The summed E-state index contributed by atoms with van der Waals surface area (Å²) in [5.41, 5.74) is 6.93. The number of aromatic nitrogens is 1. The normalized spacial score (nSPS) is 23.2. The summed E-state index contributed by atoms with van der Waals surface area (Å²) in [5, 5.41) is 2.47. The molecule has 19 heavy (non-hydrogen) atoms. The van der Waals surface area contributed by atoms with Crippen LogP contribution in [0.2, 0.25) is 0 Å². The van der Waals surface area contributed by atoms with Gasteiger partial charge in [0.2, 0.25) is 0 Å². The standard InChI is InChI=1S/C16H21N3/c1-11-9-19(10-12(11)2)16-15-6-4-3-5-14(15)13(7-17)8-18-16/h3-6,8,11-12H,7,9-10,17H2,1-2H3. The van der Waals surface area contributed by atoms with Crippen molar-refractivity contribution in [2.75, 3.05) is 18.0 Å². The third kappa shape index (κ3) is 2.08. The van der Waals surface area contributed by atoms with Gasteiger partial charge < -0.3 is 10.6 Å². The molecule has 2 N–H and O–H groups in total. The monoisotopic (exact) mass is 255 g/mol. The molecule has 2 atom stereocenters. The van der Waals surface area contributed by atoms with E-state index in [4.69, 9.17) is 5.73 Å². The number of pyridine rings is 1. The van der Waals surface area contributed by atoms with Gasteiger partial charge in [0, 0.05) is 31.2 Å². The van der Waals surface area contributed by atoms with Crippen LogP contribution in [0.15, 0.2) is 30.5 Å². The predicted molar refractivity (Wildman–Crippen MR) is 80.2 cm³/mol. The molecule has 0 bridgehead atoms. The molecule has 0 saturated carbocycles. The average Bonchev–Trinajstić information content (AvgIpc) is 2.77. The number of hydrogen-bond donors (Lipinski definition) is 1. The van der Waals surface area contributed by atoms with Crippen LogP contribution in [0.1, 0.15) is 19.4 Å². The van der Waals surface area contributed by atoms with Gasteiger partial charge in [-0.05, 0) is 22.8 Å². The average molecular weight is 255 g/mol. The lowest BCUT2D eigenvalue weighted by Crippen LogP contribution is -2.21. The zero-order valence-corrected chi connectivity index (χ0v) is 11.6. The summed E-state index contributed by atoms with van der Waals surface area (Å²) in [5.74, 6) is 2.58. The number of fused-ring (bicyclic) bond motifs is 1. The highest BCUT2D eigenvalue weighted by atomic mass is 15.2. The SMILES string of the molecule is CC1CN(c2ncc(CN)c3ccccc23)CC1C. The van der Waals surface area contributed by atoms with Crippen LogP contribution >= 0.6 is 0 Å². The molecular weight excluding hydrogens is 234 g/mol. The van der Waals surface area contributed by atoms with Crippen molar-refractivity contribution in [3.8, 4) is 0 Å². The molecule has 2 heterocycles. The van der Waals surface area contributed by atoms with E-state index in [0.717, 1.165) is 36.3 Å². The lowest BCUT2D eigenvalue weighted by Gasteiger charge is -2.20. The Bertz CT molecular complexity index is 584. The van der Waals surface area contributed by atoms with Crippen LogP contribution in [0.25, 0.3) is 10.8 Å². The minimum atomic E-state index is 0.542. The molecule has 100 valence electrons. The Hall–Kier alpha value is -1.61. The molecule has 0 amide bonds. The van der Waals surface area contributed by atoms with Crippen LogP contribution in [0.5, 0.6) is 0 Å². The Morgan fingerprint density at radius 2 is 1.79 bits per heavy atom. The van der Waals surface area contributed by atoms with Crippen LogP contribution in [0.4, 0.5) is 5.82 Å². The number of anilines is 1. The molecule has 1 saturated heterocycles. The van der Waals surface area contributed by atoms with Crippen molar-refractivity contribution in [1.82, 2.24) is 4.98 Å². The molecule has 3 nitrogen and oxygen atoms in total. The lowest BCUT2D eigenvalue weighted by atomic mass is 10.0. The minimum absolute atomic E-state index is 0.542. The van der Waals surface area contributed by atoms with Gasteiger partial charge in [0.15, 0.2) is 0 Å². The van der Waals surface area contributed by atoms with Crippen molar-refractivity contribution in [2.45, 2.75) is 20.4 Å². The summed E-state index contributed by atoms with van der Waals surface area (Å²) in [6.45, 7) is 7.38. The zero-order valence-electron chi connectivity index (χ0n) is 11.6. The molecule has 1 aromatic carbocycles. The van der Waals surface area contributed by atoms with E-state index in [0.29, 0.717) is 6.54 Å². The molecule has 1 aliphatic heterocycles. The number of nitrogens with zero attached hydrogens (tertiary/aromatic N) is 2. The van der Waals surface area contributed by atoms with Gasteiger partial charge >= 0.3 is 0 Å². The Labute approximate surface area is 114 Å². The number of benzene rings is 1. The first-order valence-electron chi connectivity index (χ1n) is 7.02. The van der Waals surface area contributed by atoms with E-state index in [-0.39, 0.29) is 0 Å². The maximum atomic E-state index is 5.81. The highest BCUT2D eigenvalue weighted by molar-refractivity contribution is 5.94. The number of nitrogens with two attached hydrogens (primary N) is 1. The fourth-order valence-corrected chi connectivity index (χ4v) is 2.95. The first-order valence-corrected chi connectivity index (χ1v) is 7.02. The second-order valence-corrected chi connectivity index (χ2v) is 5.72. The molecular formula is C16H21N3. The van der Waals surface area contributed by atoms with E-state index in [1.807, 2.05) is 6.20 Å². The first kappa shape index (κ1) is 12.4.